The summed E-state index contributed by atoms with van der Waals surface area (Å²) in [4.78, 5) is 36.8. The summed E-state index contributed by atoms with van der Waals surface area (Å²) in [6.07, 6.45) is 0.912. The highest BCUT2D eigenvalue weighted by Gasteiger charge is 2.50. The van der Waals surface area contributed by atoms with Gasteiger partial charge in [-0.25, -0.2) is 5.10 Å². The number of aromatic nitrogens is 2. The molecule has 1 aromatic rings. The standard InChI is InChI=1S/C17H24N4O5/c1-11(22)18-16(2)10-17(26-9-13(16)23)5-7-21(8-6-17)15(25)12-3-4-14(24)20-19-12/h3-4,13,23H,5-10H2,1-2H3,(H,18,22)(H,20,24)/t13-,16-/m1/s1. The third-order valence-corrected chi connectivity index (χ3v) is 5.29. The van der Waals surface area contributed by atoms with E-state index in [0.717, 1.165) is 0 Å². The lowest BCUT2D eigenvalue weighted by atomic mass is 9.74. The Kier molecular flexibility index (Phi) is 4.85. The van der Waals surface area contributed by atoms with Gasteiger partial charge in [-0.3, -0.25) is 14.4 Å². The number of nitrogens with zero attached hydrogens (tertiary/aromatic N) is 2. The highest BCUT2D eigenvalue weighted by atomic mass is 16.5. The summed E-state index contributed by atoms with van der Waals surface area (Å²) in [5.74, 6) is -0.433. The monoisotopic (exact) mass is 364 g/mol. The van der Waals surface area contributed by atoms with Gasteiger partial charge in [-0.1, -0.05) is 0 Å². The van der Waals surface area contributed by atoms with Gasteiger partial charge < -0.3 is 20.1 Å². The van der Waals surface area contributed by atoms with Gasteiger partial charge in [-0.15, -0.1) is 0 Å². The predicted molar refractivity (Wildman–Crippen MR) is 91.5 cm³/mol. The first kappa shape index (κ1) is 18.5. The number of carbonyl (C=O) groups is 2. The molecule has 0 radical (unpaired) electrons. The number of ether oxygens (including phenoxy) is 1. The Morgan fingerprint density at radius 3 is 2.65 bits per heavy atom. The van der Waals surface area contributed by atoms with Crippen molar-refractivity contribution < 1.29 is 19.4 Å². The zero-order valence-electron chi connectivity index (χ0n) is 14.9. The summed E-state index contributed by atoms with van der Waals surface area (Å²) >= 11 is 0. The average Bonchev–Trinajstić information content (AvgIpc) is 2.59. The van der Waals surface area contributed by atoms with E-state index in [4.69, 9.17) is 4.74 Å². The molecule has 1 aromatic heterocycles. The van der Waals surface area contributed by atoms with Crippen LogP contribution in [0.5, 0.6) is 0 Å². The van der Waals surface area contributed by atoms with Crippen LogP contribution in [0.4, 0.5) is 0 Å². The lowest BCUT2D eigenvalue weighted by Crippen LogP contribution is -2.65. The number of amides is 2. The average molecular weight is 364 g/mol. The van der Waals surface area contributed by atoms with Crippen molar-refractivity contribution >= 4 is 11.8 Å². The Morgan fingerprint density at radius 1 is 1.38 bits per heavy atom. The maximum absolute atomic E-state index is 12.5. The van der Waals surface area contributed by atoms with Crippen LogP contribution < -0.4 is 10.9 Å². The number of aromatic amines is 1. The molecule has 2 saturated heterocycles. The summed E-state index contributed by atoms with van der Waals surface area (Å²) < 4.78 is 5.94. The molecular formula is C17H24N4O5. The van der Waals surface area contributed by atoms with Crippen molar-refractivity contribution in [3.8, 4) is 0 Å². The number of hydrogen-bond acceptors (Lipinski definition) is 6. The summed E-state index contributed by atoms with van der Waals surface area (Å²) in [6, 6.07) is 2.68. The summed E-state index contributed by atoms with van der Waals surface area (Å²) in [6.45, 7) is 4.35. The van der Waals surface area contributed by atoms with Gasteiger partial charge in [0.25, 0.3) is 11.5 Å². The van der Waals surface area contributed by atoms with Crippen LogP contribution >= 0.6 is 0 Å². The number of rotatable bonds is 2. The summed E-state index contributed by atoms with van der Waals surface area (Å²) in [7, 11) is 0. The van der Waals surface area contributed by atoms with E-state index in [1.54, 1.807) is 4.90 Å². The SMILES string of the molecule is CC(=O)N[C@]1(C)CC2(CCN(C(=O)c3ccc(=O)[nH]n3)CC2)OC[C@H]1O. The molecule has 3 rings (SSSR count). The predicted octanol–water partition coefficient (Wildman–Crippen LogP) is -0.579. The van der Waals surface area contributed by atoms with Crippen LogP contribution in [-0.2, 0) is 9.53 Å². The maximum atomic E-state index is 12.5. The molecule has 0 unspecified atom stereocenters. The van der Waals surface area contributed by atoms with Crippen molar-refractivity contribution in [2.24, 2.45) is 0 Å². The Balaban J connectivity index is 1.67. The molecule has 0 aromatic carbocycles. The molecule has 2 fully saturated rings. The fraction of sp³-hybridized carbons (Fsp3) is 0.647. The number of hydrogen-bond donors (Lipinski definition) is 3. The molecule has 0 saturated carbocycles. The second kappa shape index (κ2) is 6.81. The highest BCUT2D eigenvalue weighted by Crippen LogP contribution is 2.39. The maximum Gasteiger partial charge on any atom is 0.274 e. The van der Waals surface area contributed by atoms with E-state index < -0.39 is 17.2 Å². The Hall–Kier alpha value is -2.26. The molecule has 142 valence electrons. The number of aliphatic hydroxyl groups excluding tert-OH is 1. The highest BCUT2D eigenvalue weighted by molar-refractivity contribution is 5.92. The van der Waals surface area contributed by atoms with Gasteiger partial charge in [0.15, 0.2) is 0 Å². The molecular weight excluding hydrogens is 340 g/mol. The number of nitrogens with one attached hydrogen (secondary N) is 2. The molecule has 9 heteroatoms. The van der Waals surface area contributed by atoms with Gasteiger partial charge >= 0.3 is 0 Å². The van der Waals surface area contributed by atoms with Crippen molar-refractivity contribution in [3.05, 3.63) is 28.2 Å². The number of carbonyl (C=O) groups excluding carboxylic acids is 2. The largest absolute Gasteiger partial charge is 0.388 e. The Bertz CT molecular complexity index is 735. The normalized spacial score (nSPS) is 28.0. The van der Waals surface area contributed by atoms with Crippen molar-refractivity contribution in [2.45, 2.75) is 50.4 Å². The molecule has 0 aliphatic carbocycles. The van der Waals surface area contributed by atoms with E-state index in [2.05, 4.69) is 15.5 Å². The minimum Gasteiger partial charge on any atom is -0.388 e. The molecule has 2 aliphatic rings. The van der Waals surface area contributed by atoms with Gasteiger partial charge in [-0.2, -0.15) is 5.10 Å². The van der Waals surface area contributed by atoms with Crippen LogP contribution in [0.2, 0.25) is 0 Å². The lowest BCUT2D eigenvalue weighted by molar-refractivity contribution is -0.179. The van der Waals surface area contributed by atoms with Gasteiger partial charge in [0, 0.05) is 32.5 Å². The molecule has 0 bridgehead atoms. The van der Waals surface area contributed by atoms with Crippen LogP contribution in [0, 0.1) is 0 Å². The number of aliphatic hydroxyl groups is 1. The zero-order chi connectivity index (χ0) is 18.9. The first-order valence-electron chi connectivity index (χ1n) is 8.69. The van der Waals surface area contributed by atoms with Gasteiger partial charge in [-0.05, 0) is 25.8 Å². The molecule has 2 aliphatic heterocycles. The minimum absolute atomic E-state index is 0.145. The second-order valence-corrected chi connectivity index (χ2v) is 7.38. The van der Waals surface area contributed by atoms with Gasteiger partial charge in [0.1, 0.15) is 11.8 Å². The van der Waals surface area contributed by atoms with Crippen LogP contribution in [0.1, 0.15) is 43.6 Å². The van der Waals surface area contributed by atoms with E-state index in [1.165, 1.54) is 19.1 Å². The van der Waals surface area contributed by atoms with E-state index in [-0.39, 0.29) is 29.7 Å². The third-order valence-electron chi connectivity index (χ3n) is 5.29. The van der Waals surface area contributed by atoms with Crippen LogP contribution in [-0.4, -0.2) is 69.0 Å². The fourth-order valence-electron chi connectivity index (χ4n) is 3.87. The fourth-order valence-corrected chi connectivity index (χ4v) is 3.87. The van der Waals surface area contributed by atoms with Crippen molar-refractivity contribution in [1.82, 2.24) is 20.4 Å². The smallest absolute Gasteiger partial charge is 0.274 e. The first-order chi connectivity index (χ1) is 12.2. The Labute approximate surface area is 150 Å². The molecule has 2 amide bonds. The molecule has 2 atom stereocenters. The number of H-pyrrole nitrogens is 1. The van der Waals surface area contributed by atoms with Crippen molar-refractivity contribution in [3.63, 3.8) is 0 Å². The summed E-state index contributed by atoms with van der Waals surface area (Å²) in [5.41, 5.74) is -1.39. The quantitative estimate of drug-likeness (QED) is 0.645. The number of likely N-dealkylation sites (tertiary alicyclic amines) is 1. The van der Waals surface area contributed by atoms with Crippen LogP contribution in [0.25, 0.3) is 0 Å². The van der Waals surface area contributed by atoms with Crippen molar-refractivity contribution in [1.29, 1.82) is 0 Å². The number of piperidine rings is 1. The van der Waals surface area contributed by atoms with E-state index >= 15 is 0 Å². The second-order valence-electron chi connectivity index (χ2n) is 7.38. The lowest BCUT2D eigenvalue weighted by Gasteiger charge is -2.51. The molecule has 26 heavy (non-hydrogen) atoms. The topological polar surface area (TPSA) is 125 Å². The zero-order valence-corrected chi connectivity index (χ0v) is 14.9. The van der Waals surface area contributed by atoms with Gasteiger partial charge in [0.2, 0.25) is 5.91 Å². The minimum atomic E-state index is -0.776. The van der Waals surface area contributed by atoms with Crippen LogP contribution in [0.3, 0.4) is 0 Å². The van der Waals surface area contributed by atoms with E-state index in [0.29, 0.717) is 32.4 Å². The molecule has 1 spiro atoms. The first-order valence-corrected chi connectivity index (χ1v) is 8.69. The molecule has 9 nitrogen and oxygen atoms in total. The van der Waals surface area contributed by atoms with Crippen molar-refractivity contribution in [2.75, 3.05) is 19.7 Å². The van der Waals surface area contributed by atoms with Gasteiger partial charge in [0.05, 0.1) is 17.7 Å². The van der Waals surface area contributed by atoms with Crippen LogP contribution in [0.15, 0.2) is 16.9 Å². The van der Waals surface area contributed by atoms with E-state index in [1.807, 2.05) is 6.92 Å². The Morgan fingerprint density at radius 2 is 2.08 bits per heavy atom. The molecule has 3 heterocycles. The summed E-state index contributed by atoms with van der Waals surface area (Å²) in [5, 5.41) is 19.2. The third kappa shape index (κ3) is 3.63. The molecule has 3 N–H and O–H groups in total. The van der Waals surface area contributed by atoms with E-state index in [9.17, 15) is 19.5 Å².